The number of thiophene rings is 1. The highest BCUT2D eigenvalue weighted by Crippen LogP contribution is 2.38. The van der Waals surface area contributed by atoms with E-state index in [1.165, 1.54) is 11.3 Å². The molecule has 0 radical (unpaired) electrons. The number of amides is 2. The molecule has 0 saturated carbocycles. The summed E-state index contributed by atoms with van der Waals surface area (Å²) in [4.78, 5) is 26.5. The van der Waals surface area contributed by atoms with Crippen molar-refractivity contribution in [1.29, 1.82) is 0 Å². The van der Waals surface area contributed by atoms with E-state index in [2.05, 4.69) is 72.8 Å². The maximum absolute atomic E-state index is 12.6. The van der Waals surface area contributed by atoms with Crippen LogP contribution in [0.2, 0.25) is 39.3 Å². The molecular formula is C24H38N2O4SSi2. The summed E-state index contributed by atoms with van der Waals surface area (Å²) in [6.45, 7) is 23.6. The molecule has 1 aromatic rings. The van der Waals surface area contributed by atoms with Gasteiger partial charge in [-0.1, -0.05) is 51.1 Å². The van der Waals surface area contributed by atoms with Crippen molar-refractivity contribution in [2.24, 2.45) is 0 Å². The van der Waals surface area contributed by atoms with Crippen LogP contribution >= 0.6 is 11.3 Å². The minimum absolute atomic E-state index is 0.380. The molecule has 0 bridgehead atoms. The van der Waals surface area contributed by atoms with Crippen LogP contribution in [-0.4, -0.2) is 39.5 Å². The van der Waals surface area contributed by atoms with Crippen molar-refractivity contribution in [3.8, 4) is 22.9 Å². The van der Waals surface area contributed by atoms with E-state index in [0.29, 0.717) is 21.1 Å². The second kappa shape index (κ2) is 10.4. The Morgan fingerprint density at radius 3 is 1.24 bits per heavy atom. The fourth-order valence-electron chi connectivity index (χ4n) is 2.15. The topological polar surface area (TPSA) is 76.7 Å². The van der Waals surface area contributed by atoms with E-state index in [0.717, 1.165) is 0 Å². The number of hydrogen-bond acceptors (Lipinski definition) is 5. The van der Waals surface area contributed by atoms with Gasteiger partial charge in [0, 0.05) is 0 Å². The molecule has 2 N–H and O–H groups in total. The summed E-state index contributed by atoms with van der Waals surface area (Å²) in [6.07, 6.45) is -1.26. The second-order valence-corrected chi connectivity index (χ2v) is 22.3. The number of carbonyl (C=O) groups is 2. The highest BCUT2D eigenvalue weighted by atomic mass is 32.1. The number of carbonyl (C=O) groups excluding carboxylic acids is 2. The number of anilines is 2. The average Bonchev–Trinajstić information content (AvgIpc) is 2.83. The van der Waals surface area contributed by atoms with E-state index in [1.54, 1.807) is 41.5 Å². The molecule has 33 heavy (non-hydrogen) atoms. The minimum Gasteiger partial charge on any atom is -0.444 e. The van der Waals surface area contributed by atoms with Gasteiger partial charge in [0.05, 0.1) is 11.4 Å². The van der Waals surface area contributed by atoms with Crippen molar-refractivity contribution in [3.63, 3.8) is 0 Å². The third kappa shape index (κ3) is 12.0. The number of nitrogens with one attached hydrogen (secondary N) is 2. The highest BCUT2D eigenvalue weighted by Gasteiger charge is 2.26. The van der Waals surface area contributed by atoms with Crippen molar-refractivity contribution in [2.75, 3.05) is 10.6 Å². The van der Waals surface area contributed by atoms with Crippen LogP contribution < -0.4 is 10.6 Å². The Morgan fingerprint density at radius 2 is 1.00 bits per heavy atom. The fourth-order valence-corrected chi connectivity index (χ4v) is 4.25. The van der Waals surface area contributed by atoms with Crippen LogP contribution in [0.4, 0.5) is 21.0 Å². The third-order valence-electron chi connectivity index (χ3n) is 3.26. The smallest absolute Gasteiger partial charge is 0.412 e. The Bertz CT molecular complexity index is 932. The van der Waals surface area contributed by atoms with E-state index in [1.807, 2.05) is 0 Å². The number of rotatable bonds is 2. The lowest BCUT2D eigenvalue weighted by atomic mass is 10.2. The molecule has 0 fully saturated rings. The average molecular weight is 507 g/mol. The van der Waals surface area contributed by atoms with Gasteiger partial charge in [-0.15, -0.1) is 22.4 Å². The SMILES string of the molecule is CC(C)(C)OC(=O)Nc1c(C#C[Si](C)(C)C)sc(C#C[Si](C)(C)C)c1NC(=O)OC(C)(C)C. The molecule has 0 unspecified atom stereocenters. The van der Waals surface area contributed by atoms with Crippen molar-refractivity contribution < 1.29 is 19.1 Å². The molecule has 1 aromatic heterocycles. The normalized spacial score (nSPS) is 12.0. The van der Waals surface area contributed by atoms with Crippen LogP contribution in [0.3, 0.4) is 0 Å². The van der Waals surface area contributed by atoms with Crippen LogP contribution in [0.5, 0.6) is 0 Å². The first kappa shape index (κ1) is 28.8. The first-order valence-corrected chi connectivity index (χ1v) is 18.7. The van der Waals surface area contributed by atoms with Gasteiger partial charge in [0.15, 0.2) is 0 Å². The Morgan fingerprint density at radius 1 is 0.697 bits per heavy atom. The van der Waals surface area contributed by atoms with E-state index in [9.17, 15) is 9.59 Å². The summed E-state index contributed by atoms with van der Waals surface area (Å²) in [5, 5.41) is 5.59. The molecule has 0 saturated heterocycles. The summed E-state index contributed by atoms with van der Waals surface area (Å²) < 4.78 is 10.9. The maximum atomic E-state index is 12.6. The van der Waals surface area contributed by atoms with Gasteiger partial charge in [0.25, 0.3) is 0 Å². The largest absolute Gasteiger partial charge is 0.444 e. The van der Waals surface area contributed by atoms with Crippen LogP contribution in [0.1, 0.15) is 51.3 Å². The van der Waals surface area contributed by atoms with Gasteiger partial charge < -0.3 is 9.47 Å². The second-order valence-electron chi connectivity index (χ2n) is 11.8. The Labute approximate surface area is 205 Å². The zero-order valence-corrected chi connectivity index (χ0v) is 24.9. The van der Waals surface area contributed by atoms with Gasteiger partial charge in [0.1, 0.15) is 37.1 Å². The Hall–Kier alpha value is -2.21. The van der Waals surface area contributed by atoms with Crippen molar-refractivity contribution in [2.45, 2.75) is 92.0 Å². The molecule has 0 atom stereocenters. The lowest BCUT2D eigenvalue weighted by Crippen LogP contribution is -2.29. The van der Waals surface area contributed by atoms with Gasteiger partial charge in [-0.05, 0) is 41.5 Å². The minimum atomic E-state index is -1.70. The molecule has 1 heterocycles. The number of ether oxygens (including phenoxy) is 2. The fraction of sp³-hybridized carbons (Fsp3) is 0.583. The molecule has 182 valence electrons. The van der Waals surface area contributed by atoms with E-state index < -0.39 is 39.5 Å². The molecule has 0 spiro atoms. The first-order valence-electron chi connectivity index (χ1n) is 10.9. The summed E-state index contributed by atoms with van der Waals surface area (Å²) in [6, 6.07) is 0. The molecule has 9 heteroatoms. The summed E-state index contributed by atoms with van der Waals surface area (Å²) in [7, 11) is -3.40. The van der Waals surface area contributed by atoms with Crippen molar-refractivity contribution >= 4 is 51.0 Å². The standard InChI is InChI=1S/C24H38N2O4SSi2/c1-23(2,3)29-21(27)25-19-17(13-15-32(7,8)9)31-18(14-16-33(10,11)12)20(19)26-22(28)30-24(4,5)6/h1-12H3,(H,25,27)(H,26,28). The zero-order chi connectivity index (χ0) is 25.8. The third-order valence-corrected chi connectivity index (χ3v) is 6.03. The summed E-state index contributed by atoms with van der Waals surface area (Å²) >= 11 is 1.34. The highest BCUT2D eigenvalue weighted by molar-refractivity contribution is 7.14. The molecule has 0 aromatic carbocycles. The van der Waals surface area contributed by atoms with Gasteiger partial charge in [-0.3, -0.25) is 10.6 Å². The summed E-state index contributed by atoms with van der Waals surface area (Å²) in [5.41, 5.74) is 6.06. The van der Waals surface area contributed by atoms with Crippen LogP contribution in [0, 0.1) is 22.9 Å². The van der Waals surface area contributed by atoms with Crippen molar-refractivity contribution in [3.05, 3.63) is 9.75 Å². The van der Waals surface area contributed by atoms with E-state index >= 15 is 0 Å². The van der Waals surface area contributed by atoms with Gasteiger partial charge in [0.2, 0.25) is 0 Å². The quantitative estimate of drug-likeness (QED) is 0.338. The molecule has 6 nitrogen and oxygen atoms in total. The predicted molar refractivity (Wildman–Crippen MR) is 144 cm³/mol. The summed E-state index contributed by atoms with van der Waals surface area (Å²) in [5.74, 6) is 6.42. The van der Waals surface area contributed by atoms with Crippen LogP contribution in [0.25, 0.3) is 0 Å². The lowest BCUT2D eigenvalue weighted by Gasteiger charge is -2.21. The van der Waals surface area contributed by atoms with E-state index in [4.69, 9.17) is 9.47 Å². The molecular weight excluding hydrogens is 469 g/mol. The number of hydrogen-bond donors (Lipinski definition) is 2. The van der Waals surface area contributed by atoms with Gasteiger partial charge in [-0.25, -0.2) is 9.59 Å². The van der Waals surface area contributed by atoms with E-state index in [-0.39, 0.29) is 0 Å². The molecule has 0 aliphatic rings. The Balaban J connectivity index is 3.67. The van der Waals surface area contributed by atoms with Crippen molar-refractivity contribution in [1.82, 2.24) is 0 Å². The van der Waals surface area contributed by atoms with Gasteiger partial charge in [-0.2, -0.15) is 0 Å². The predicted octanol–water partition coefficient (Wildman–Crippen LogP) is 6.90. The maximum Gasteiger partial charge on any atom is 0.412 e. The Kier molecular flexibility index (Phi) is 9.06. The molecule has 1 rings (SSSR count). The molecule has 2 amide bonds. The van der Waals surface area contributed by atoms with Crippen LogP contribution in [0.15, 0.2) is 0 Å². The monoisotopic (exact) mass is 506 g/mol. The molecule has 0 aliphatic carbocycles. The lowest BCUT2D eigenvalue weighted by molar-refractivity contribution is 0.0621. The first-order chi connectivity index (χ1) is 14.7. The molecule has 0 aliphatic heterocycles. The van der Waals surface area contributed by atoms with Gasteiger partial charge >= 0.3 is 12.2 Å². The zero-order valence-electron chi connectivity index (χ0n) is 22.0. The van der Waals surface area contributed by atoms with Crippen LogP contribution in [-0.2, 0) is 9.47 Å².